The summed E-state index contributed by atoms with van der Waals surface area (Å²) in [6.45, 7) is 7.85. The third-order valence-corrected chi connectivity index (χ3v) is 9.60. The lowest BCUT2D eigenvalue weighted by Gasteiger charge is -2.42. The van der Waals surface area contributed by atoms with Gasteiger partial charge in [-0.25, -0.2) is 4.39 Å². The molecule has 2 heterocycles. The maximum atomic E-state index is 16.6. The Labute approximate surface area is 272 Å². The number of fused-ring (bicyclic) bond motifs is 1. The van der Waals surface area contributed by atoms with E-state index in [2.05, 4.69) is 6.58 Å². The first-order chi connectivity index (χ1) is 21.5. The molecule has 0 radical (unpaired) electrons. The van der Waals surface area contributed by atoms with Crippen molar-refractivity contribution >= 4 is 35.1 Å². The Morgan fingerprint density at radius 3 is 2.33 bits per heavy atom. The first-order valence-corrected chi connectivity index (χ1v) is 15.7. The standard InChI is InChI=1S/C35H36Cl2FNO6/c1-4-16-45-33(41)21(3)31(22-6-10-26(36)11-7-22)39-32(40)28-19-25(34(42,5-2)23-14-17-44-18-15-23)20-29(38)30(28)35(39,43)24-8-12-27(37)13-9-24/h4,6-13,19-21,23,31,42-43H,1,5,14-18H2,2-3H3/t21-,31-,34-,35+/m0/s1. The molecule has 238 valence electrons. The van der Waals surface area contributed by atoms with Gasteiger partial charge >= 0.3 is 5.97 Å². The number of hydrogen-bond acceptors (Lipinski definition) is 6. The van der Waals surface area contributed by atoms with E-state index in [-0.39, 0.29) is 41.2 Å². The molecule has 7 nitrogen and oxygen atoms in total. The summed E-state index contributed by atoms with van der Waals surface area (Å²) < 4.78 is 27.5. The van der Waals surface area contributed by atoms with Crippen molar-refractivity contribution in [2.75, 3.05) is 19.8 Å². The molecule has 0 aliphatic carbocycles. The lowest BCUT2D eigenvalue weighted by Crippen LogP contribution is -2.50. The normalized spacial score (nSPS) is 21.1. The summed E-state index contributed by atoms with van der Waals surface area (Å²) >= 11 is 12.4. The highest BCUT2D eigenvalue weighted by atomic mass is 35.5. The fraction of sp³-hybridized carbons (Fsp3) is 0.371. The first kappa shape index (κ1) is 33.1. The Kier molecular flexibility index (Phi) is 9.73. The maximum absolute atomic E-state index is 16.6. The fourth-order valence-electron chi connectivity index (χ4n) is 6.70. The second kappa shape index (κ2) is 13.2. The van der Waals surface area contributed by atoms with Gasteiger partial charge in [0.1, 0.15) is 12.4 Å². The van der Waals surface area contributed by atoms with Crippen LogP contribution in [0.15, 0.2) is 73.3 Å². The molecule has 0 saturated carbocycles. The number of amides is 1. The molecular weight excluding hydrogens is 620 g/mol. The third kappa shape index (κ3) is 5.90. The highest BCUT2D eigenvalue weighted by molar-refractivity contribution is 6.30. The van der Waals surface area contributed by atoms with Gasteiger partial charge in [-0.1, -0.05) is 67.0 Å². The molecule has 1 amide bonds. The lowest BCUT2D eigenvalue weighted by molar-refractivity contribution is -0.152. The third-order valence-electron chi connectivity index (χ3n) is 9.10. The van der Waals surface area contributed by atoms with Crippen molar-refractivity contribution in [1.29, 1.82) is 0 Å². The summed E-state index contributed by atoms with van der Waals surface area (Å²) in [6, 6.07) is 14.1. The predicted octanol–water partition coefficient (Wildman–Crippen LogP) is 6.91. The molecule has 0 spiro atoms. The lowest BCUT2D eigenvalue weighted by atomic mass is 9.74. The molecule has 4 atom stereocenters. The van der Waals surface area contributed by atoms with Crippen molar-refractivity contribution < 1.29 is 33.7 Å². The number of benzene rings is 3. The van der Waals surface area contributed by atoms with Crippen LogP contribution in [0.2, 0.25) is 10.0 Å². The number of halogens is 3. The molecule has 2 aliphatic rings. The smallest absolute Gasteiger partial charge is 0.311 e. The average molecular weight is 657 g/mol. The van der Waals surface area contributed by atoms with Crippen molar-refractivity contribution in [2.24, 2.45) is 11.8 Å². The predicted molar refractivity (Wildman–Crippen MR) is 169 cm³/mol. The first-order valence-electron chi connectivity index (χ1n) is 15.0. The van der Waals surface area contributed by atoms with Gasteiger partial charge in [-0.15, -0.1) is 0 Å². The number of rotatable bonds is 10. The van der Waals surface area contributed by atoms with E-state index < -0.39 is 41.0 Å². The molecule has 0 unspecified atom stereocenters. The summed E-state index contributed by atoms with van der Waals surface area (Å²) in [5.41, 5.74) is -3.36. The molecule has 0 aromatic heterocycles. The van der Waals surface area contributed by atoms with E-state index in [0.717, 1.165) is 4.90 Å². The minimum absolute atomic E-state index is 0.0636. The van der Waals surface area contributed by atoms with E-state index in [1.54, 1.807) is 31.2 Å². The van der Waals surface area contributed by atoms with Crippen molar-refractivity contribution in [3.8, 4) is 0 Å². The number of ether oxygens (including phenoxy) is 2. The molecule has 45 heavy (non-hydrogen) atoms. The Morgan fingerprint density at radius 1 is 1.16 bits per heavy atom. The molecule has 1 saturated heterocycles. The number of carbonyl (C=O) groups is 2. The minimum atomic E-state index is -2.38. The molecule has 0 bridgehead atoms. The number of esters is 1. The monoisotopic (exact) mass is 655 g/mol. The van der Waals surface area contributed by atoms with Crippen molar-refractivity contribution in [1.82, 2.24) is 4.90 Å². The van der Waals surface area contributed by atoms with Crippen molar-refractivity contribution in [3.05, 3.63) is 117 Å². The molecule has 2 N–H and O–H groups in total. The Bertz CT molecular complexity index is 1580. The van der Waals surface area contributed by atoms with E-state index in [1.807, 2.05) is 6.92 Å². The van der Waals surface area contributed by atoms with Gasteiger partial charge in [-0.3, -0.25) is 14.5 Å². The summed E-state index contributed by atoms with van der Waals surface area (Å²) in [5, 5.41) is 25.5. The Balaban J connectivity index is 1.74. The van der Waals surface area contributed by atoms with Gasteiger partial charge in [0.15, 0.2) is 5.72 Å². The van der Waals surface area contributed by atoms with Crippen LogP contribution in [0.5, 0.6) is 0 Å². The van der Waals surface area contributed by atoms with Gasteiger partial charge < -0.3 is 19.7 Å². The van der Waals surface area contributed by atoms with Crippen molar-refractivity contribution in [3.63, 3.8) is 0 Å². The molecule has 5 rings (SSSR count). The minimum Gasteiger partial charge on any atom is -0.461 e. The number of carbonyl (C=O) groups excluding carboxylic acids is 2. The van der Waals surface area contributed by atoms with Crippen LogP contribution in [-0.2, 0) is 25.6 Å². The van der Waals surface area contributed by atoms with E-state index in [4.69, 9.17) is 32.7 Å². The zero-order valence-electron chi connectivity index (χ0n) is 25.1. The number of hydrogen-bond donors (Lipinski definition) is 2. The van der Waals surface area contributed by atoms with E-state index in [0.29, 0.717) is 41.7 Å². The van der Waals surface area contributed by atoms with Crippen LogP contribution in [-0.4, -0.2) is 46.8 Å². The van der Waals surface area contributed by atoms with Gasteiger partial charge in [0.2, 0.25) is 0 Å². The quantitative estimate of drug-likeness (QED) is 0.182. The second-order valence-electron chi connectivity index (χ2n) is 11.6. The molecule has 1 fully saturated rings. The second-order valence-corrected chi connectivity index (χ2v) is 12.5. The van der Waals surface area contributed by atoms with Crippen LogP contribution in [0.4, 0.5) is 4.39 Å². The SMILES string of the molecule is C=CCOC(=O)[C@@H](C)[C@@H](c1ccc(Cl)cc1)N1C(=O)c2cc([C@](O)(CC)C3CCOCC3)cc(F)c2[C@]1(O)c1ccc(Cl)cc1. The van der Waals surface area contributed by atoms with Crippen LogP contribution < -0.4 is 0 Å². The molecule has 3 aromatic rings. The Hall–Kier alpha value is -3.27. The van der Waals surface area contributed by atoms with Crippen molar-refractivity contribution in [2.45, 2.75) is 50.5 Å². The van der Waals surface area contributed by atoms with Gasteiger partial charge in [-0.05, 0) is 79.6 Å². The number of nitrogens with zero attached hydrogens (tertiary/aromatic N) is 1. The van der Waals surface area contributed by atoms with Crippen LogP contribution >= 0.6 is 23.2 Å². The fourth-order valence-corrected chi connectivity index (χ4v) is 6.95. The topological polar surface area (TPSA) is 96.3 Å². The molecule has 10 heteroatoms. The number of aliphatic hydroxyl groups is 2. The molecule has 3 aromatic carbocycles. The van der Waals surface area contributed by atoms with Gasteiger partial charge in [0.05, 0.1) is 28.7 Å². The van der Waals surface area contributed by atoms with E-state index in [1.165, 1.54) is 42.5 Å². The van der Waals surface area contributed by atoms with Crippen LogP contribution in [0.3, 0.4) is 0 Å². The van der Waals surface area contributed by atoms with E-state index >= 15 is 4.39 Å². The highest BCUT2D eigenvalue weighted by Crippen LogP contribution is 2.51. The zero-order valence-corrected chi connectivity index (χ0v) is 26.7. The summed E-state index contributed by atoms with van der Waals surface area (Å²) in [4.78, 5) is 29.1. The van der Waals surface area contributed by atoms with Gasteiger partial charge in [-0.2, -0.15) is 0 Å². The van der Waals surface area contributed by atoms with Gasteiger partial charge in [0, 0.05) is 28.8 Å². The summed E-state index contributed by atoms with van der Waals surface area (Å²) in [6.07, 6.45) is 2.84. The summed E-state index contributed by atoms with van der Waals surface area (Å²) in [5.74, 6) is -3.50. The highest BCUT2D eigenvalue weighted by Gasteiger charge is 2.57. The maximum Gasteiger partial charge on any atom is 0.311 e. The van der Waals surface area contributed by atoms with Crippen LogP contribution in [0.1, 0.15) is 71.8 Å². The van der Waals surface area contributed by atoms with Gasteiger partial charge in [0.25, 0.3) is 5.91 Å². The molecular formula is C35H36Cl2FNO6. The zero-order chi connectivity index (χ0) is 32.5. The summed E-state index contributed by atoms with van der Waals surface area (Å²) in [7, 11) is 0. The van der Waals surface area contributed by atoms with E-state index in [9.17, 15) is 19.8 Å². The average Bonchev–Trinajstić information content (AvgIpc) is 3.28. The Morgan fingerprint density at radius 2 is 1.76 bits per heavy atom. The van der Waals surface area contributed by atoms with Crippen LogP contribution in [0.25, 0.3) is 0 Å². The molecule has 2 aliphatic heterocycles. The largest absolute Gasteiger partial charge is 0.461 e. The van der Waals surface area contributed by atoms with Crippen LogP contribution in [0, 0.1) is 17.7 Å².